The van der Waals surface area contributed by atoms with Gasteiger partial charge in [0.15, 0.2) is 0 Å². The Hall–Kier alpha value is 0.439. The maximum Gasteiger partial charge on any atom is 0.235 e. The van der Waals surface area contributed by atoms with Crippen LogP contribution in [0.1, 0.15) is 96.3 Å². The zero-order valence-electron chi connectivity index (χ0n) is 26.3. The topological polar surface area (TPSA) is 130 Å². The quantitative estimate of drug-likeness (QED) is 0.151. The van der Waals surface area contributed by atoms with Gasteiger partial charge in [-0.05, 0) is 92.8 Å². The predicted molar refractivity (Wildman–Crippen MR) is 171 cm³/mol. The molecular formula is C32H55ClCuN8O2S. The van der Waals surface area contributed by atoms with E-state index >= 15 is 0 Å². The van der Waals surface area contributed by atoms with Gasteiger partial charge >= 0.3 is 0 Å². The average Bonchev–Trinajstić information content (AvgIpc) is 3.76. The fourth-order valence-electron chi connectivity index (χ4n) is 12.3. The van der Waals surface area contributed by atoms with Gasteiger partial charge in [-0.3, -0.25) is 42.5 Å². The molecule has 259 valence electrons. The van der Waals surface area contributed by atoms with Crippen LogP contribution in [0.3, 0.4) is 0 Å². The summed E-state index contributed by atoms with van der Waals surface area (Å²) in [6.45, 7) is 0. The molecule has 4 aliphatic carbocycles. The van der Waals surface area contributed by atoms with Crippen LogP contribution in [0.15, 0.2) is 0 Å². The van der Waals surface area contributed by atoms with E-state index in [0.717, 1.165) is 12.8 Å². The number of rotatable bonds is 1. The molecule has 9 fully saturated rings. The SMILES string of the molecule is O=S(=O)(Cl)C1CCCC2C3NC4NC(NC5NC(NC6NC(NC(N3)C21)C1CCCCC61)C1CCCCC51)C1CCCCC41.[Cu]. The Kier molecular flexibility index (Phi) is 9.40. The molecule has 13 heteroatoms. The summed E-state index contributed by atoms with van der Waals surface area (Å²) in [5.74, 6) is 3.81. The summed E-state index contributed by atoms with van der Waals surface area (Å²) < 4.78 is 26.1. The van der Waals surface area contributed by atoms with Crippen LogP contribution in [-0.4, -0.2) is 63.0 Å². The summed E-state index contributed by atoms with van der Waals surface area (Å²) in [4.78, 5) is 0. The van der Waals surface area contributed by atoms with Crippen molar-refractivity contribution >= 4 is 19.7 Å². The van der Waals surface area contributed by atoms with Crippen LogP contribution < -0.4 is 42.5 Å². The minimum absolute atomic E-state index is 0. The monoisotopic (exact) mass is 713 g/mol. The van der Waals surface area contributed by atoms with Crippen molar-refractivity contribution in [1.82, 2.24) is 42.5 Å². The van der Waals surface area contributed by atoms with Crippen LogP contribution in [0.2, 0.25) is 0 Å². The van der Waals surface area contributed by atoms with Crippen molar-refractivity contribution in [1.29, 1.82) is 0 Å². The second-order valence-corrected chi connectivity index (χ2v) is 19.0. The minimum Gasteiger partial charge on any atom is -0.286 e. The summed E-state index contributed by atoms with van der Waals surface area (Å²) in [6, 6.07) is 0. The molecule has 5 saturated heterocycles. The number of halogens is 1. The molecule has 5 heterocycles. The van der Waals surface area contributed by atoms with Crippen LogP contribution in [-0.2, 0) is 26.1 Å². The van der Waals surface area contributed by atoms with Gasteiger partial charge in [0, 0.05) is 33.7 Å². The van der Waals surface area contributed by atoms with E-state index < -0.39 is 14.3 Å². The third-order valence-electron chi connectivity index (χ3n) is 14.2. The largest absolute Gasteiger partial charge is 0.286 e. The van der Waals surface area contributed by atoms with Crippen LogP contribution in [0.5, 0.6) is 0 Å². The molecule has 4 saturated carbocycles. The molecule has 0 spiro atoms. The predicted octanol–water partition coefficient (Wildman–Crippen LogP) is 2.15. The molecule has 0 aromatic rings. The zero-order chi connectivity index (χ0) is 29.6. The maximum atomic E-state index is 13.0. The third kappa shape index (κ3) is 5.80. The number of nitrogens with one attached hydrogen (secondary N) is 8. The van der Waals surface area contributed by atoms with Gasteiger partial charge < -0.3 is 0 Å². The molecule has 5 aliphatic heterocycles. The van der Waals surface area contributed by atoms with Gasteiger partial charge in [0.2, 0.25) is 9.05 Å². The molecule has 17 unspecified atom stereocenters. The van der Waals surface area contributed by atoms with Crippen molar-refractivity contribution < 1.29 is 25.5 Å². The number of hydrogen-bond acceptors (Lipinski definition) is 10. The van der Waals surface area contributed by atoms with Crippen molar-refractivity contribution in [3.63, 3.8) is 0 Å². The van der Waals surface area contributed by atoms with Gasteiger partial charge in [-0.25, -0.2) is 8.42 Å². The van der Waals surface area contributed by atoms with Gasteiger partial charge in [0.05, 0.1) is 54.6 Å². The Morgan fingerprint density at radius 3 is 0.956 bits per heavy atom. The van der Waals surface area contributed by atoms with E-state index in [9.17, 15) is 8.42 Å². The third-order valence-corrected chi connectivity index (χ3v) is 16.2. The van der Waals surface area contributed by atoms with Crippen LogP contribution in [0, 0.1) is 47.3 Å². The molecular weight excluding hydrogens is 659 g/mol. The Bertz CT molecular complexity index is 1190. The van der Waals surface area contributed by atoms with Gasteiger partial charge in [0.1, 0.15) is 0 Å². The maximum absolute atomic E-state index is 13.0. The number of fused-ring (bicyclic) bond motifs is 20. The van der Waals surface area contributed by atoms with Gasteiger partial charge in [-0.1, -0.05) is 44.9 Å². The second kappa shape index (κ2) is 13.0. The van der Waals surface area contributed by atoms with E-state index in [1.165, 1.54) is 77.0 Å². The van der Waals surface area contributed by atoms with E-state index in [4.69, 9.17) is 10.7 Å². The summed E-state index contributed by atoms with van der Waals surface area (Å²) in [5.41, 5.74) is 0. The molecule has 17 atom stereocenters. The number of hydrogen-bond donors (Lipinski definition) is 8. The van der Waals surface area contributed by atoms with E-state index in [2.05, 4.69) is 42.5 Å². The van der Waals surface area contributed by atoms with Crippen molar-refractivity contribution in [3.8, 4) is 0 Å². The summed E-state index contributed by atoms with van der Waals surface area (Å²) >= 11 is 0. The Morgan fingerprint density at radius 1 is 0.378 bits per heavy atom. The molecule has 9 aliphatic rings. The van der Waals surface area contributed by atoms with Crippen LogP contribution in [0.4, 0.5) is 0 Å². The smallest absolute Gasteiger partial charge is 0.235 e. The van der Waals surface area contributed by atoms with Crippen molar-refractivity contribution in [2.24, 2.45) is 47.3 Å². The van der Waals surface area contributed by atoms with Gasteiger partial charge in [-0.2, -0.15) is 0 Å². The average molecular weight is 715 g/mol. The van der Waals surface area contributed by atoms with Crippen molar-refractivity contribution in [2.45, 2.75) is 151 Å². The molecule has 9 rings (SSSR count). The molecule has 0 amide bonds. The standard InChI is InChI=1S/C32H55ClN8O2S.Cu/c33-44(42,43)23-15-7-14-22-24(23)32-40-30-21-13-6-5-12-20(21)28(38-30)36-26-17-9-2-1-8-16(17)25(34-26)35-27-18-10-3-4-11-19(18)29(37-27)39-31(22)41-32;/h16-32,34-41H,1-15H2;. The van der Waals surface area contributed by atoms with E-state index in [1.54, 1.807) is 0 Å². The normalized spacial score (nSPS) is 54.3. The Labute approximate surface area is 284 Å². The fourth-order valence-corrected chi connectivity index (χ4v) is 14.1. The zero-order valence-corrected chi connectivity index (χ0v) is 28.8. The first-order valence-electron chi connectivity index (χ1n) is 18.4. The second-order valence-electron chi connectivity index (χ2n) is 16.2. The fraction of sp³-hybridized carbons (Fsp3) is 1.00. The van der Waals surface area contributed by atoms with Gasteiger partial charge in [0.25, 0.3) is 0 Å². The Balaban J connectivity index is 0.00000300. The van der Waals surface area contributed by atoms with Crippen LogP contribution >= 0.6 is 10.7 Å². The molecule has 45 heavy (non-hydrogen) atoms. The molecule has 1 radical (unpaired) electrons. The molecule has 10 nitrogen and oxygen atoms in total. The van der Waals surface area contributed by atoms with Crippen LogP contribution in [0.25, 0.3) is 0 Å². The van der Waals surface area contributed by atoms with Crippen molar-refractivity contribution in [2.75, 3.05) is 0 Å². The molecule has 0 aromatic heterocycles. The molecule has 8 bridgehead atoms. The summed E-state index contributed by atoms with van der Waals surface area (Å²) in [6.07, 6.45) is 19.6. The first-order chi connectivity index (χ1) is 21.4. The minimum atomic E-state index is -3.68. The molecule has 8 N–H and O–H groups in total. The molecule has 0 aromatic carbocycles. The first kappa shape index (κ1) is 32.6. The van der Waals surface area contributed by atoms with E-state index in [0.29, 0.717) is 54.3 Å². The van der Waals surface area contributed by atoms with Crippen molar-refractivity contribution in [3.05, 3.63) is 0 Å². The van der Waals surface area contributed by atoms with E-state index in [-0.39, 0.29) is 65.9 Å². The Morgan fingerprint density at radius 2 is 0.644 bits per heavy atom. The summed E-state index contributed by atoms with van der Waals surface area (Å²) in [7, 11) is 2.54. The summed E-state index contributed by atoms with van der Waals surface area (Å²) in [5, 5.41) is 32.2. The van der Waals surface area contributed by atoms with E-state index in [1.807, 2.05) is 0 Å². The first-order valence-corrected chi connectivity index (χ1v) is 20.8. The van der Waals surface area contributed by atoms with Gasteiger partial charge in [-0.15, -0.1) is 0 Å².